The second-order valence-corrected chi connectivity index (χ2v) is 7.24. The Morgan fingerprint density at radius 1 is 1.26 bits per heavy atom. The highest BCUT2D eigenvalue weighted by Crippen LogP contribution is 2.34. The number of pyridine rings is 1. The topological polar surface area (TPSA) is 104 Å². The van der Waals surface area contributed by atoms with Gasteiger partial charge in [0.05, 0.1) is 5.56 Å². The van der Waals surface area contributed by atoms with Crippen LogP contribution < -0.4 is 5.32 Å². The molecular weight excluding hydrogens is 415 g/mol. The Balaban J connectivity index is 0.000000858. The van der Waals surface area contributed by atoms with Gasteiger partial charge < -0.3 is 20.4 Å². The number of fused-ring (bicyclic) bond motifs is 1. The Hall–Kier alpha value is -3.34. The molecule has 8 nitrogen and oxygen atoms in total. The van der Waals surface area contributed by atoms with Crippen molar-refractivity contribution in [2.75, 3.05) is 25.5 Å². The maximum Gasteiger partial charge on any atom is 0.416 e. The standard InChI is InChI=1S/C19H20F3N5O.CH2O2/c1-26-8-2-3-14(11-26)23-17-7-4-12-10-27(25-18(12)24-17)15-6-5-13(9-16(15)28)19(20,21)22;2-1-3/h4-7,9-10,14,28H,2-3,8,11H2,1H3,(H,23,24,25);1H,(H,2,3)/t14-;/m1./s1. The maximum atomic E-state index is 12.8. The summed E-state index contributed by atoms with van der Waals surface area (Å²) >= 11 is 0. The minimum absolute atomic E-state index is 0.161. The normalized spacial score (nSPS) is 17.1. The highest BCUT2D eigenvalue weighted by atomic mass is 19.4. The van der Waals surface area contributed by atoms with E-state index in [1.54, 1.807) is 6.20 Å². The first-order chi connectivity index (χ1) is 14.7. The van der Waals surface area contributed by atoms with Crippen LogP contribution in [0.25, 0.3) is 16.7 Å². The van der Waals surface area contributed by atoms with Crippen molar-refractivity contribution in [1.29, 1.82) is 0 Å². The number of likely N-dealkylation sites (tertiary alicyclic amines) is 1. The molecule has 1 saturated heterocycles. The summed E-state index contributed by atoms with van der Waals surface area (Å²) in [6.07, 6.45) is -0.695. The largest absolute Gasteiger partial charge is 0.506 e. The number of aromatic hydroxyl groups is 1. The zero-order valence-corrected chi connectivity index (χ0v) is 16.7. The van der Waals surface area contributed by atoms with Crippen molar-refractivity contribution in [1.82, 2.24) is 19.7 Å². The molecule has 31 heavy (non-hydrogen) atoms. The molecule has 0 bridgehead atoms. The Bertz CT molecular complexity index is 1050. The van der Waals surface area contributed by atoms with Crippen LogP contribution in [-0.2, 0) is 11.0 Å². The summed E-state index contributed by atoms with van der Waals surface area (Å²) < 4.78 is 39.7. The Morgan fingerprint density at radius 2 is 2.00 bits per heavy atom. The van der Waals surface area contributed by atoms with E-state index in [2.05, 4.69) is 27.3 Å². The fraction of sp³-hybridized carbons (Fsp3) is 0.350. The Kier molecular flexibility index (Phi) is 6.64. The summed E-state index contributed by atoms with van der Waals surface area (Å²) in [7, 11) is 2.09. The van der Waals surface area contributed by atoms with Crippen molar-refractivity contribution in [2.24, 2.45) is 0 Å². The van der Waals surface area contributed by atoms with Crippen LogP contribution in [-0.4, -0.2) is 62.5 Å². The van der Waals surface area contributed by atoms with Gasteiger partial charge in [0.25, 0.3) is 6.47 Å². The minimum atomic E-state index is -4.51. The van der Waals surface area contributed by atoms with Crippen molar-refractivity contribution in [3.63, 3.8) is 0 Å². The number of anilines is 1. The lowest BCUT2D eigenvalue weighted by molar-refractivity contribution is -0.137. The number of nitrogens with zero attached hydrogens (tertiary/aromatic N) is 4. The molecule has 0 amide bonds. The summed E-state index contributed by atoms with van der Waals surface area (Å²) in [6.45, 7) is 1.78. The molecule has 3 heterocycles. The van der Waals surface area contributed by atoms with E-state index in [-0.39, 0.29) is 12.2 Å². The molecule has 4 rings (SSSR count). The van der Waals surface area contributed by atoms with Crippen molar-refractivity contribution in [2.45, 2.75) is 25.1 Å². The van der Waals surface area contributed by atoms with Crippen molar-refractivity contribution < 1.29 is 28.2 Å². The second kappa shape index (κ2) is 9.21. The molecule has 3 N–H and O–H groups in total. The van der Waals surface area contributed by atoms with Crippen LogP contribution in [0.3, 0.4) is 0 Å². The number of carboxylic acid groups (broad SMARTS) is 1. The van der Waals surface area contributed by atoms with Crippen LogP contribution in [0.2, 0.25) is 0 Å². The molecule has 166 valence electrons. The van der Waals surface area contributed by atoms with E-state index in [1.807, 2.05) is 12.1 Å². The fourth-order valence-corrected chi connectivity index (χ4v) is 3.49. The average Bonchev–Trinajstić information content (AvgIpc) is 3.11. The van der Waals surface area contributed by atoms with Crippen LogP contribution in [0, 0.1) is 0 Å². The number of benzene rings is 1. The van der Waals surface area contributed by atoms with Gasteiger partial charge in [0.2, 0.25) is 0 Å². The van der Waals surface area contributed by atoms with Gasteiger partial charge >= 0.3 is 6.18 Å². The maximum absolute atomic E-state index is 12.8. The molecule has 11 heteroatoms. The molecule has 3 aromatic rings. The van der Waals surface area contributed by atoms with Gasteiger partial charge in [-0.25, -0.2) is 9.67 Å². The number of aromatic nitrogens is 3. The van der Waals surface area contributed by atoms with E-state index in [0.717, 1.165) is 37.4 Å². The van der Waals surface area contributed by atoms with E-state index in [1.165, 1.54) is 10.7 Å². The number of piperidine rings is 1. The van der Waals surface area contributed by atoms with Gasteiger partial charge in [0.1, 0.15) is 17.3 Å². The third kappa shape index (κ3) is 5.43. The van der Waals surface area contributed by atoms with Crippen LogP contribution in [0.1, 0.15) is 18.4 Å². The van der Waals surface area contributed by atoms with Gasteiger partial charge in [-0.05, 0) is 56.8 Å². The van der Waals surface area contributed by atoms with Gasteiger partial charge in [0, 0.05) is 24.2 Å². The SMILES string of the molecule is CN1CCC[C@@H](Nc2ccc3cn(-c4ccc(C(F)(F)F)cc4O)nc3n2)C1.O=CO. The summed E-state index contributed by atoms with van der Waals surface area (Å²) in [5.41, 5.74) is -0.296. The van der Waals surface area contributed by atoms with Gasteiger partial charge in [-0.3, -0.25) is 4.79 Å². The number of alkyl halides is 3. The number of phenolic OH excluding ortho intramolecular Hbond substituents is 1. The number of rotatable bonds is 3. The monoisotopic (exact) mass is 437 g/mol. The zero-order chi connectivity index (χ0) is 22.6. The van der Waals surface area contributed by atoms with Crippen LogP contribution in [0.4, 0.5) is 19.0 Å². The van der Waals surface area contributed by atoms with E-state index in [4.69, 9.17) is 9.90 Å². The van der Waals surface area contributed by atoms with Crippen LogP contribution in [0.5, 0.6) is 5.75 Å². The molecule has 2 aromatic heterocycles. The lowest BCUT2D eigenvalue weighted by atomic mass is 10.1. The number of hydrogen-bond acceptors (Lipinski definition) is 6. The summed E-state index contributed by atoms with van der Waals surface area (Å²) in [6, 6.07) is 6.83. The van der Waals surface area contributed by atoms with Gasteiger partial charge in [-0.15, -0.1) is 5.10 Å². The van der Waals surface area contributed by atoms with Crippen molar-refractivity contribution >= 4 is 23.3 Å². The summed E-state index contributed by atoms with van der Waals surface area (Å²) in [5.74, 6) is 0.209. The molecule has 0 radical (unpaired) electrons. The highest BCUT2D eigenvalue weighted by Gasteiger charge is 2.31. The summed E-state index contributed by atoms with van der Waals surface area (Å²) in [4.78, 5) is 15.1. The number of hydrogen-bond donors (Lipinski definition) is 3. The minimum Gasteiger partial charge on any atom is -0.506 e. The number of carbonyl (C=O) groups is 1. The van der Waals surface area contributed by atoms with Crippen molar-refractivity contribution in [3.8, 4) is 11.4 Å². The molecule has 1 atom stereocenters. The van der Waals surface area contributed by atoms with E-state index < -0.39 is 17.5 Å². The Morgan fingerprint density at radius 3 is 2.65 bits per heavy atom. The first-order valence-corrected chi connectivity index (χ1v) is 9.51. The number of nitrogens with one attached hydrogen (secondary N) is 1. The van der Waals surface area contributed by atoms with Gasteiger partial charge in [-0.1, -0.05) is 0 Å². The number of halogens is 3. The molecule has 1 aliphatic rings. The van der Waals surface area contributed by atoms with E-state index in [9.17, 15) is 18.3 Å². The molecular formula is C20H22F3N5O3. The summed E-state index contributed by atoms with van der Waals surface area (Å²) in [5, 5.41) is 25.4. The molecule has 0 saturated carbocycles. The van der Waals surface area contributed by atoms with Crippen molar-refractivity contribution in [3.05, 3.63) is 42.1 Å². The number of likely N-dealkylation sites (N-methyl/N-ethyl adjacent to an activating group) is 1. The quantitative estimate of drug-likeness (QED) is 0.540. The third-order valence-electron chi connectivity index (χ3n) is 4.90. The molecule has 0 unspecified atom stereocenters. The first kappa shape index (κ1) is 22.3. The van der Waals surface area contributed by atoms with E-state index in [0.29, 0.717) is 23.6 Å². The number of phenols is 1. The second-order valence-electron chi connectivity index (χ2n) is 7.24. The zero-order valence-electron chi connectivity index (χ0n) is 16.7. The lowest BCUT2D eigenvalue weighted by Gasteiger charge is -2.30. The molecule has 0 spiro atoms. The molecule has 1 aromatic carbocycles. The fourth-order valence-electron chi connectivity index (χ4n) is 3.49. The van der Waals surface area contributed by atoms with Gasteiger partial charge in [0.15, 0.2) is 5.65 Å². The average molecular weight is 437 g/mol. The lowest BCUT2D eigenvalue weighted by Crippen LogP contribution is -2.39. The van der Waals surface area contributed by atoms with Crippen LogP contribution in [0.15, 0.2) is 36.5 Å². The Labute approximate surface area is 175 Å². The third-order valence-corrected chi connectivity index (χ3v) is 4.90. The van der Waals surface area contributed by atoms with Crippen LogP contribution >= 0.6 is 0 Å². The smallest absolute Gasteiger partial charge is 0.416 e. The molecule has 1 aliphatic heterocycles. The molecule has 1 fully saturated rings. The highest BCUT2D eigenvalue weighted by molar-refractivity contribution is 5.77. The molecule has 0 aliphatic carbocycles. The van der Waals surface area contributed by atoms with E-state index >= 15 is 0 Å². The first-order valence-electron chi connectivity index (χ1n) is 9.51. The van der Waals surface area contributed by atoms with Gasteiger partial charge in [-0.2, -0.15) is 13.2 Å². The predicted molar refractivity (Wildman–Crippen MR) is 108 cm³/mol. The predicted octanol–water partition coefficient (Wildman–Crippen LogP) is 3.35.